The van der Waals surface area contributed by atoms with Gasteiger partial charge in [-0.2, -0.15) is 0 Å². The summed E-state index contributed by atoms with van der Waals surface area (Å²) in [6.07, 6.45) is 3.04. The fourth-order valence-electron chi connectivity index (χ4n) is 13.7. The molecular weight excluding hydrogens is 1770 g/mol. The van der Waals surface area contributed by atoms with E-state index >= 15 is 0 Å². The number of hydrogen-bond donors (Lipinski definition) is 9. The summed E-state index contributed by atoms with van der Waals surface area (Å²) in [6, 6.07) is 7.20. The lowest BCUT2D eigenvalue weighted by Crippen LogP contribution is -2.57. The summed E-state index contributed by atoms with van der Waals surface area (Å²) in [7, 11) is 5.65. The molecule has 0 saturated heterocycles. The van der Waals surface area contributed by atoms with Crippen LogP contribution in [-0.4, -0.2) is 334 Å². The average Bonchev–Trinajstić information content (AvgIpc) is 1.10. The van der Waals surface area contributed by atoms with Gasteiger partial charge in [0.1, 0.15) is 55.1 Å². The summed E-state index contributed by atoms with van der Waals surface area (Å²) >= 11 is 0. The number of primary amides is 1. The molecule has 15 amide bonds. The topological polar surface area (TPSA) is 513 Å². The predicted octanol–water partition coefficient (Wildman–Crippen LogP) is 4.70. The monoisotopic (exact) mass is 1920 g/mol. The number of ether oxygens (including phenoxy) is 11. The van der Waals surface area contributed by atoms with Crippen LogP contribution in [0.1, 0.15) is 158 Å². The van der Waals surface area contributed by atoms with Gasteiger partial charge in [0.05, 0.1) is 99.0 Å². The zero-order valence-electron chi connectivity index (χ0n) is 82.0. The molecule has 0 fully saturated rings. The fraction of sp³-hybridized carbons (Fsp3) is 0.642. The molecule has 2 aromatic rings. The number of cyclic esters (lactones) is 2. The normalized spacial score (nSPS) is 19.8. The largest absolute Gasteiger partial charge is 0.456 e. The maximum absolute atomic E-state index is 14.5. The molecule has 11 atom stereocenters. The number of benzene rings is 2. The van der Waals surface area contributed by atoms with Gasteiger partial charge in [0.2, 0.25) is 47.3 Å². The van der Waals surface area contributed by atoms with Crippen molar-refractivity contribution in [3.05, 3.63) is 101 Å². The van der Waals surface area contributed by atoms with E-state index in [1.54, 1.807) is 102 Å². The van der Waals surface area contributed by atoms with Crippen molar-refractivity contribution in [3.8, 4) is 0 Å². The molecule has 0 saturated carbocycles. The summed E-state index contributed by atoms with van der Waals surface area (Å²) in [5, 5.41) is 21.6. The van der Waals surface area contributed by atoms with Crippen LogP contribution in [0.5, 0.6) is 0 Å². The molecule has 0 spiro atoms. The van der Waals surface area contributed by atoms with Crippen LogP contribution >= 0.6 is 0 Å². The first-order chi connectivity index (χ1) is 64.8. The lowest BCUT2D eigenvalue weighted by atomic mass is 9.90. The maximum atomic E-state index is 14.5. The van der Waals surface area contributed by atoms with Crippen molar-refractivity contribution in [3.63, 3.8) is 0 Å². The Kier molecular flexibility index (Phi) is 55.4. The standard InChI is InChI=1S/C95H148N14O27/c1-17-64(7)83-88(118)100-69(12)92(122)136-84(65(8)18-2)67(10)75(35-30-66(9)91(121)134-76(58-62(3)4)86(116)99-68(11)89(119)108(16)74(59-70-26-21-19-22-27-70)90(120)107(15)60-79(112)104-83)135-95(125)106(14)43-42-105(13)94(124)133-61-71-31-33-72(34-32-71)101-85(115)73(28-25-39-98-93(96)123)102-87(117)82(63(5)6)103-78(111)38-44-126-46-48-128-50-52-130-54-56-132-57-55-131-53-51-129-49-47-127-45-40-97-77(110)29-23-20-24-41-109-80(113)36-37-81(109)114/h18-19,21-22,26-27,30-34,36-37,62-64,67-69,73-76,82-84H,17,20,23-25,28-29,35,38-61H2,1-16H3,(H,97,110)(H,99,116)(H,100,118)(H,101,115)(H,102,117)(H,103,111)(H,104,112)(H3,96,98,123)/b65-18+,66-30+/t64?,67-,68-,69+,73+,74+,75-,76+,82+,83-,84+/m0/s1. The number of unbranched alkanes of at least 4 members (excludes halogenated alkanes) is 2. The summed E-state index contributed by atoms with van der Waals surface area (Å²) in [6.45, 7) is 24.1. The lowest BCUT2D eigenvalue weighted by molar-refractivity contribution is -0.155. The van der Waals surface area contributed by atoms with Gasteiger partial charge in [0.15, 0.2) is 6.10 Å². The number of likely N-dealkylation sites (N-methyl/N-ethyl adjacent to an activating group) is 4. The SMILES string of the molecule is C/C=C(\C)[C@H]1OC(=O)[C@@H](C)NC(=O)[C@H](C(C)CC)NC(=O)CN(C)C(=O)[C@@H](Cc2ccccc2)N(C)C(=O)[C@H](C)NC(=O)[C@@H](CC(C)C)OC(=O)/C(C)=C/C[C@H](OC(=O)N(C)CCN(C)C(=O)OCc2ccc(NC(=O)[C@@H](CCCNC(N)=O)NC(=O)[C@H](NC(=O)CCOCCOCCOCCOCCOCCOCCOCCNC(=O)CCCCCN3C(=O)C=CC3=O)C(C)C)cc2)[C@@H]1C. The number of esters is 2. The van der Waals surface area contributed by atoms with Crippen LogP contribution in [0.4, 0.5) is 20.1 Å². The molecule has 136 heavy (non-hydrogen) atoms. The summed E-state index contributed by atoms with van der Waals surface area (Å²) in [5.74, 6) is -9.81. The van der Waals surface area contributed by atoms with Crippen molar-refractivity contribution in [2.45, 2.75) is 215 Å². The Morgan fingerprint density at radius 3 is 1.74 bits per heavy atom. The molecule has 2 aliphatic heterocycles. The zero-order valence-corrected chi connectivity index (χ0v) is 82.0. The Bertz CT molecular complexity index is 4210. The average molecular weight is 1920 g/mol. The smallest absolute Gasteiger partial charge is 0.409 e. The zero-order chi connectivity index (χ0) is 101. The molecule has 0 radical (unpaired) electrons. The number of nitrogens with two attached hydrogens (primary N) is 1. The Hall–Kier alpha value is -11.5. The molecule has 0 aliphatic carbocycles. The molecule has 2 aromatic carbocycles. The first-order valence-electron chi connectivity index (χ1n) is 46.6. The number of nitrogens with one attached hydrogen (secondary N) is 8. The first-order valence-corrected chi connectivity index (χ1v) is 46.6. The van der Waals surface area contributed by atoms with Crippen molar-refractivity contribution in [1.82, 2.24) is 61.7 Å². The molecule has 4 rings (SSSR count). The van der Waals surface area contributed by atoms with Gasteiger partial charge in [-0.1, -0.05) is 116 Å². The highest BCUT2D eigenvalue weighted by Crippen LogP contribution is 2.28. The van der Waals surface area contributed by atoms with E-state index in [1.807, 2.05) is 20.8 Å². The number of hydrogen-bond acceptors (Lipinski definition) is 27. The van der Waals surface area contributed by atoms with E-state index < -0.39 is 156 Å². The van der Waals surface area contributed by atoms with Crippen LogP contribution < -0.4 is 48.3 Å². The summed E-state index contributed by atoms with van der Waals surface area (Å²) < 4.78 is 62.7. The van der Waals surface area contributed by atoms with E-state index in [2.05, 4.69) is 42.5 Å². The minimum Gasteiger partial charge on any atom is -0.456 e. The molecule has 0 aromatic heterocycles. The second kappa shape index (κ2) is 64.5. The maximum Gasteiger partial charge on any atom is 0.409 e. The molecule has 2 aliphatic rings. The Balaban J connectivity index is 1.27. The third kappa shape index (κ3) is 45.0. The Morgan fingerprint density at radius 1 is 0.618 bits per heavy atom. The number of allylic oxidation sites excluding steroid dienone is 1. The van der Waals surface area contributed by atoms with E-state index in [0.717, 1.165) is 11.3 Å². The molecule has 1 unspecified atom stereocenters. The van der Waals surface area contributed by atoms with E-state index in [-0.39, 0.29) is 114 Å². The number of urea groups is 1. The minimum absolute atomic E-state index is 0.00849. The second-order valence-electron chi connectivity index (χ2n) is 34.3. The van der Waals surface area contributed by atoms with E-state index in [9.17, 15) is 76.7 Å². The van der Waals surface area contributed by atoms with Gasteiger partial charge in [-0.3, -0.25) is 57.6 Å². The molecule has 41 nitrogen and oxygen atoms in total. The quantitative estimate of drug-likeness (QED) is 0.0142. The van der Waals surface area contributed by atoms with Crippen molar-refractivity contribution < 1.29 is 129 Å². The summed E-state index contributed by atoms with van der Waals surface area (Å²) in [5.41, 5.74) is 7.29. The Labute approximate surface area is 798 Å². The number of nitrogens with zero attached hydrogens (tertiary/aromatic N) is 5. The third-order valence-corrected chi connectivity index (χ3v) is 22.4. The molecule has 2 heterocycles. The molecule has 0 bridgehead atoms. The van der Waals surface area contributed by atoms with E-state index in [4.69, 9.17) is 57.8 Å². The van der Waals surface area contributed by atoms with Gasteiger partial charge in [-0.25, -0.2) is 24.0 Å². The van der Waals surface area contributed by atoms with Crippen molar-refractivity contribution in [2.75, 3.05) is 165 Å². The molecule has 10 N–H and O–H groups in total. The van der Waals surface area contributed by atoms with E-state index in [0.29, 0.717) is 134 Å². The van der Waals surface area contributed by atoms with Crippen LogP contribution in [0.15, 0.2) is 90.0 Å². The van der Waals surface area contributed by atoms with Gasteiger partial charge in [0.25, 0.3) is 17.7 Å². The molecule has 760 valence electrons. The predicted molar refractivity (Wildman–Crippen MR) is 501 cm³/mol. The van der Waals surface area contributed by atoms with Crippen molar-refractivity contribution >= 4 is 101 Å². The van der Waals surface area contributed by atoms with Crippen molar-refractivity contribution in [2.24, 2.45) is 29.4 Å². The van der Waals surface area contributed by atoms with Gasteiger partial charge in [0, 0.05) is 116 Å². The van der Waals surface area contributed by atoms with Crippen LogP contribution in [0.3, 0.4) is 0 Å². The summed E-state index contributed by atoms with van der Waals surface area (Å²) in [4.78, 5) is 221. The number of amides is 15. The number of carbonyl (C=O) groups excluding carboxylic acids is 16. The van der Waals surface area contributed by atoms with Crippen LogP contribution in [-0.2, 0) is 127 Å². The highest BCUT2D eigenvalue weighted by molar-refractivity contribution is 6.13. The number of imide groups is 1. The third-order valence-electron chi connectivity index (χ3n) is 22.4. The fourth-order valence-corrected chi connectivity index (χ4v) is 13.7. The highest BCUT2D eigenvalue weighted by Gasteiger charge is 2.40. The van der Waals surface area contributed by atoms with Crippen molar-refractivity contribution in [1.29, 1.82) is 0 Å². The highest BCUT2D eigenvalue weighted by atomic mass is 16.6. The number of anilines is 1. The molecular formula is C95H148N14O27. The van der Waals surface area contributed by atoms with Gasteiger partial charge in [-0.15, -0.1) is 0 Å². The van der Waals surface area contributed by atoms with Crippen LogP contribution in [0.2, 0.25) is 0 Å². The first kappa shape index (κ1) is 117. The minimum atomic E-state index is -1.42. The molecule has 41 heteroatoms. The van der Waals surface area contributed by atoms with Gasteiger partial charge >= 0.3 is 30.2 Å². The van der Waals surface area contributed by atoms with Gasteiger partial charge < -0.3 is 120 Å². The lowest BCUT2D eigenvalue weighted by Gasteiger charge is -2.33. The van der Waals surface area contributed by atoms with Crippen LogP contribution in [0.25, 0.3) is 0 Å². The number of rotatable bonds is 53. The van der Waals surface area contributed by atoms with Crippen LogP contribution in [0, 0.1) is 23.7 Å². The Morgan fingerprint density at radius 2 is 1.18 bits per heavy atom. The van der Waals surface area contributed by atoms with Gasteiger partial charge in [-0.05, 0) is 113 Å². The van der Waals surface area contributed by atoms with E-state index in [1.165, 1.54) is 86.8 Å². The number of carbonyl (C=O) groups is 16. The second-order valence-corrected chi connectivity index (χ2v) is 34.3.